The van der Waals surface area contributed by atoms with Gasteiger partial charge in [-0.2, -0.15) is 0 Å². The summed E-state index contributed by atoms with van der Waals surface area (Å²) < 4.78 is 29.7. The lowest BCUT2D eigenvalue weighted by Crippen LogP contribution is -2.63. The Morgan fingerprint density at radius 3 is 2.59 bits per heavy atom. The standard InChI is InChI=1S/C42H54ClN3O10S2/c1-23(2)39(49)55-34-21-36(48)46(6)30-18-26(19-31(52-7)37(30)27-13-14-29(28(43)20-27)44-35(47)15-16-58-57-9)17-24(3)11-10-12-33(53-8)42(51)22-32(54-40(50)45-42)25(4)38-41(34,5)56-38/h10-14,18-20,23,25,32-34,38,51H,15-17,21-22H2,1-9H3,(H,44,47)(H,45,50)/b12-10+,24-11+/t25-,32+,33-,34+,38+,41+,42+/m1/s1. The molecule has 2 aromatic carbocycles. The highest BCUT2D eigenvalue weighted by molar-refractivity contribution is 8.76. The van der Waals surface area contributed by atoms with Crippen LogP contribution in [0.4, 0.5) is 16.2 Å². The number of carbonyl (C=O) groups excluding carboxylic acids is 4. The number of esters is 1. The van der Waals surface area contributed by atoms with Gasteiger partial charge < -0.3 is 39.0 Å². The molecule has 16 heteroatoms. The number of methoxy groups -OCH3 is 2. The summed E-state index contributed by atoms with van der Waals surface area (Å²) in [7, 11) is 7.84. The summed E-state index contributed by atoms with van der Waals surface area (Å²) in [6, 6.07) is 9.06. The Morgan fingerprint density at radius 1 is 1.19 bits per heavy atom. The third kappa shape index (κ3) is 10.3. The van der Waals surface area contributed by atoms with Crippen molar-refractivity contribution in [2.24, 2.45) is 11.8 Å². The van der Waals surface area contributed by atoms with Crippen LogP contribution in [0.2, 0.25) is 5.02 Å². The Labute approximate surface area is 353 Å². The van der Waals surface area contributed by atoms with Crippen molar-refractivity contribution in [2.75, 3.05) is 43.5 Å². The molecule has 3 N–H and O–H groups in total. The van der Waals surface area contributed by atoms with Crippen LogP contribution in [0.3, 0.4) is 0 Å². The molecule has 0 saturated carbocycles. The van der Waals surface area contributed by atoms with Crippen LogP contribution in [-0.2, 0) is 39.8 Å². The van der Waals surface area contributed by atoms with Crippen molar-refractivity contribution in [2.45, 2.75) is 96.0 Å². The second kappa shape index (κ2) is 19.1. The molecule has 0 aliphatic carbocycles. The van der Waals surface area contributed by atoms with Crippen LogP contribution in [0.5, 0.6) is 5.75 Å². The van der Waals surface area contributed by atoms with Crippen molar-refractivity contribution in [3.05, 3.63) is 64.7 Å². The Morgan fingerprint density at radius 2 is 1.93 bits per heavy atom. The maximum absolute atomic E-state index is 14.5. The average Bonchev–Trinajstić information content (AvgIpc) is 3.87. The first kappa shape index (κ1) is 45.4. The van der Waals surface area contributed by atoms with Crippen molar-refractivity contribution in [1.29, 1.82) is 0 Å². The second-order valence-electron chi connectivity index (χ2n) is 15.4. The minimum atomic E-state index is -1.81. The van der Waals surface area contributed by atoms with Crippen LogP contribution in [0.1, 0.15) is 59.4 Å². The normalized spacial score (nSPS) is 29.0. The number of alkyl carbamates (subject to hydrolysis) is 1. The van der Waals surface area contributed by atoms with E-state index in [-0.39, 0.29) is 24.7 Å². The van der Waals surface area contributed by atoms with Crippen LogP contribution >= 0.6 is 33.2 Å². The summed E-state index contributed by atoms with van der Waals surface area (Å²) in [4.78, 5) is 54.7. The zero-order valence-corrected chi connectivity index (χ0v) is 36.8. The Hall–Kier alpha value is -3.73. The molecule has 2 fully saturated rings. The summed E-state index contributed by atoms with van der Waals surface area (Å²) in [6.45, 7) is 8.96. The molecule has 316 valence electrons. The van der Waals surface area contributed by atoms with E-state index < -0.39 is 59.6 Å². The predicted molar refractivity (Wildman–Crippen MR) is 228 cm³/mol. The Balaban J connectivity index is 1.61. The van der Waals surface area contributed by atoms with Gasteiger partial charge in [-0.15, -0.1) is 0 Å². The number of hydrogen-bond donors (Lipinski definition) is 3. The molecule has 0 radical (unpaired) electrons. The number of rotatable bonds is 10. The molecular weight excluding hydrogens is 806 g/mol. The Bertz CT molecular complexity index is 1940. The van der Waals surface area contributed by atoms with Crippen LogP contribution in [0, 0.1) is 11.8 Å². The van der Waals surface area contributed by atoms with Gasteiger partial charge in [0.2, 0.25) is 11.8 Å². The lowest BCUT2D eigenvalue weighted by molar-refractivity contribution is -0.157. The molecule has 4 bridgehead atoms. The average molecular weight is 860 g/mol. The fourth-order valence-electron chi connectivity index (χ4n) is 7.42. The van der Waals surface area contributed by atoms with Crippen LogP contribution in [0.25, 0.3) is 11.1 Å². The van der Waals surface area contributed by atoms with Gasteiger partial charge in [0.15, 0.2) is 5.72 Å². The molecule has 3 aliphatic rings. The summed E-state index contributed by atoms with van der Waals surface area (Å²) in [5, 5.41) is 17.5. The lowest BCUT2D eigenvalue weighted by Gasteiger charge is -2.42. The van der Waals surface area contributed by atoms with E-state index >= 15 is 0 Å². The third-order valence-electron chi connectivity index (χ3n) is 10.8. The van der Waals surface area contributed by atoms with E-state index in [1.165, 1.54) is 12.0 Å². The molecule has 2 aromatic rings. The second-order valence-corrected chi connectivity index (χ2v) is 18.5. The smallest absolute Gasteiger partial charge is 0.409 e. The van der Waals surface area contributed by atoms with Gasteiger partial charge in [0.1, 0.15) is 29.7 Å². The topological polar surface area (TPSA) is 165 Å². The van der Waals surface area contributed by atoms with Gasteiger partial charge in [0.25, 0.3) is 0 Å². The predicted octanol–water partition coefficient (Wildman–Crippen LogP) is 7.33. The molecule has 7 atom stereocenters. The van der Waals surface area contributed by atoms with Crippen LogP contribution in [-0.4, -0.2) is 98.0 Å². The van der Waals surface area contributed by atoms with Gasteiger partial charge in [-0.1, -0.05) is 83.8 Å². The number of fused-ring (bicyclic) bond motifs is 5. The number of anilines is 2. The maximum Gasteiger partial charge on any atom is 0.409 e. The highest BCUT2D eigenvalue weighted by Gasteiger charge is 2.64. The van der Waals surface area contributed by atoms with E-state index in [1.807, 2.05) is 44.4 Å². The first-order chi connectivity index (χ1) is 27.4. The van der Waals surface area contributed by atoms with E-state index in [1.54, 1.807) is 80.8 Å². The van der Waals surface area contributed by atoms with Gasteiger partial charge in [-0.25, -0.2) is 4.79 Å². The van der Waals surface area contributed by atoms with E-state index in [9.17, 15) is 24.3 Å². The molecule has 13 nitrogen and oxygen atoms in total. The number of amides is 3. The zero-order chi connectivity index (χ0) is 42.5. The monoisotopic (exact) mass is 859 g/mol. The molecule has 5 rings (SSSR count). The number of epoxide rings is 1. The van der Waals surface area contributed by atoms with Crippen molar-refractivity contribution >= 4 is 68.4 Å². The molecule has 3 heterocycles. The number of carbonyl (C=O) groups is 4. The van der Waals surface area contributed by atoms with Crippen molar-refractivity contribution in [3.8, 4) is 16.9 Å². The number of ether oxygens (including phenoxy) is 5. The van der Waals surface area contributed by atoms with Gasteiger partial charge in [0, 0.05) is 44.2 Å². The van der Waals surface area contributed by atoms with Crippen molar-refractivity contribution in [3.63, 3.8) is 0 Å². The minimum absolute atomic E-state index is 0.0252. The lowest BCUT2D eigenvalue weighted by atomic mass is 9.83. The molecule has 0 spiro atoms. The number of aliphatic hydroxyl groups is 1. The quantitative estimate of drug-likeness (QED) is 0.0945. The zero-order valence-electron chi connectivity index (χ0n) is 34.4. The van der Waals surface area contributed by atoms with E-state index in [2.05, 4.69) is 10.6 Å². The number of nitrogens with one attached hydrogen (secondary N) is 2. The van der Waals surface area contributed by atoms with Crippen LogP contribution in [0.15, 0.2) is 54.1 Å². The van der Waals surface area contributed by atoms with E-state index in [0.717, 1.165) is 11.1 Å². The van der Waals surface area contributed by atoms with Gasteiger partial charge in [-0.05, 0) is 61.9 Å². The SMILES string of the molecule is COc1cc2cc(c1-c1ccc(NC(=O)CCSSC)c(Cl)c1)N(C)C(=O)C[C@H](OC(=O)C(C)C)[C@]1(C)O[C@H]1[C@H](C)[C@@H]1C[C@@](O)(NC(=O)O1)[C@H](OC)/C=C/C=C(\C)C2. The molecule has 2 saturated heterocycles. The van der Waals surface area contributed by atoms with Crippen molar-refractivity contribution < 1.29 is 48.0 Å². The first-order valence-corrected chi connectivity index (χ1v) is 22.2. The molecule has 58 heavy (non-hydrogen) atoms. The molecular formula is C42H54ClN3O10S2. The molecule has 0 aromatic heterocycles. The van der Waals surface area contributed by atoms with E-state index in [4.69, 9.17) is 35.3 Å². The van der Waals surface area contributed by atoms with Crippen molar-refractivity contribution in [1.82, 2.24) is 5.32 Å². The highest BCUT2D eigenvalue weighted by Crippen LogP contribution is 2.49. The summed E-state index contributed by atoms with van der Waals surface area (Å²) in [5.41, 5.74) is 0.996. The van der Waals surface area contributed by atoms with Gasteiger partial charge in [0.05, 0.1) is 41.9 Å². The van der Waals surface area contributed by atoms with Gasteiger partial charge in [-0.3, -0.25) is 19.7 Å². The number of allylic oxidation sites excluding steroid dienone is 3. The first-order valence-electron chi connectivity index (χ1n) is 19.1. The number of hydrogen-bond acceptors (Lipinski definition) is 12. The fourth-order valence-corrected chi connectivity index (χ4v) is 8.84. The summed E-state index contributed by atoms with van der Waals surface area (Å²) >= 11 is 6.78. The third-order valence-corrected chi connectivity index (χ3v) is 12.9. The molecule has 0 unspecified atom stereocenters. The number of benzene rings is 2. The van der Waals surface area contributed by atoms with Crippen LogP contribution < -0.4 is 20.3 Å². The molecule has 3 aliphatic heterocycles. The number of halogens is 1. The van der Waals surface area contributed by atoms with Gasteiger partial charge >= 0.3 is 12.1 Å². The summed E-state index contributed by atoms with van der Waals surface area (Å²) in [6.07, 6.45) is 3.59. The number of nitrogens with zero attached hydrogens (tertiary/aromatic N) is 1. The maximum atomic E-state index is 14.5. The minimum Gasteiger partial charge on any atom is -0.496 e. The largest absolute Gasteiger partial charge is 0.496 e. The van der Waals surface area contributed by atoms with E-state index in [0.29, 0.717) is 51.9 Å². The highest BCUT2D eigenvalue weighted by atomic mass is 35.5. The Kier molecular flexibility index (Phi) is 14.9. The fraction of sp³-hybridized carbons (Fsp3) is 0.524. The molecule has 3 amide bonds. The summed E-state index contributed by atoms with van der Waals surface area (Å²) in [5.74, 6) is -0.872.